The molecule has 0 saturated carbocycles. The van der Waals surface area contributed by atoms with Crippen LogP contribution in [0.3, 0.4) is 0 Å². The molecule has 2 aromatic carbocycles. The molecule has 0 N–H and O–H groups in total. The van der Waals surface area contributed by atoms with Crippen LogP contribution in [0.2, 0.25) is 0 Å². The minimum Gasteiger partial charge on any atom is -0.459 e. The number of thiazole rings is 1. The lowest BCUT2D eigenvalue weighted by molar-refractivity contribution is 0.0961. The zero-order valence-corrected chi connectivity index (χ0v) is 14.2. The first-order chi connectivity index (χ1) is 12.7. The molecule has 0 unspecified atom stereocenters. The SMILES string of the molecule is O=C(c1ccco1)N(/N=C/c1ccccc1)c1nc2ccc(F)cc2s1. The van der Waals surface area contributed by atoms with Crippen LogP contribution in [0.5, 0.6) is 0 Å². The molecule has 26 heavy (non-hydrogen) atoms. The number of amides is 1. The minimum atomic E-state index is -0.457. The highest BCUT2D eigenvalue weighted by Crippen LogP contribution is 2.30. The van der Waals surface area contributed by atoms with E-state index in [4.69, 9.17) is 4.42 Å². The fraction of sp³-hybridized carbons (Fsp3) is 0. The van der Waals surface area contributed by atoms with Crippen LogP contribution in [0.15, 0.2) is 76.4 Å². The molecule has 0 aliphatic carbocycles. The van der Waals surface area contributed by atoms with Gasteiger partial charge in [-0.05, 0) is 35.9 Å². The maximum Gasteiger partial charge on any atom is 0.316 e. The van der Waals surface area contributed by atoms with Gasteiger partial charge in [-0.3, -0.25) is 4.79 Å². The number of carbonyl (C=O) groups is 1. The Labute approximate surface area is 152 Å². The van der Waals surface area contributed by atoms with E-state index in [0.717, 1.165) is 10.6 Å². The van der Waals surface area contributed by atoms with Crippen LogP contribution in [0.25, 0.3) is 10.2 Å². The number of hydrogen-bond acceptors (Lipinski definition) is 5. The molecule has 128 valence electrons. The molecule has 5 nitrogen and oxygen atoms in total. The van der Waals surface area contributed by atoms with E-state index in [0.29, 0.717) is 15.3 Å². The summed E-state index contributed by atoms with van der Waals surface area (Å²) in [6, 6.07) is 16.8. The maximum atomic E-state index is 13.5. The van der Waals surface area contributed by atoms with E-state index in [-0.39, 0.29) is 11.6 Å². The molecule has 0 spiro atoms. The topological polar surface area (TPSA) is 58.7 Å². The Bertz CT molecular complexity index is 1070. The molecule has 1 amide bonds. The van der Waals surface area contributed by atoms with Crippen molar-refractivity contribution in [3.63, 3.8) is 0 Å². The Morgan fingerprint density at radius 3 is 2.77 bits per heavy atom. The molecule has 0 saturated heterocycles. The lowest BCUT2D eigenvalue weighted by Gasteiger charge is -2.11. The van der Waals surface area contributed by atoms with E-state index in [1.54, 1.807) is 24.4 Å². The number of aromatic nitrogens is 1. The van der Waals surface area contributed by atoms with Crippen LogP contribution >= 0.6 is 11.3 Å². The van der Waals surface area contributed by atoms with Gasteiger partial charge in [0.05, 0.1) is 22.7 Å². The standard InChI is InChI=1S/C19H12FN3O2S/c20-14-8-9-15-17(11-14)26-19(22-15)23(18(24)16-7-4-10-25-16)21-12-13-5-2-1-3-6-13/h1-12H/b21-12+. The smallest absolute Gasteiger partial charge is 0.316 e. The number of hydrazone groups is 1. The summed E-state index contributed by atoms with van der Waals surface area (Å²) in [5.41, 5.74) is 1.43. The predicted molar refractivity (Wildman–Crippen MR) is 99.1 cm³/mol. The summed E-state index contributed by atoms with van der Waals surface area (Å²) < 4.78 is 19.3. The van der Waals surface area contributed by atoms with Crippen molar-refractivity contribution in [3.8, 4) is 0 Å². The highest BCUT2D eigenvalue weighted by molar-refractivity contribution is 7.22. The van der Waals surface area contributed by atoms with Gasteiger partial charge in [0.15, 0.2) is 5.76 Å². The first kappa shape index (κ1) is 16.2. The quantitative estimate of drug-likeness (QED) is 0.389. The molecule has 0 atom stereocenters. The van der Waals surface area contributed by atoms with Gasteiger partial charge in [-0.15, -0.1) is 0 Å². The molecular formula is C19H12FN3O2S. The normalized spacial score (nSPS) is 11.3. The summed E-state index contributed by atoms with van der Waals surface area (Å²) in [7, 11) is 0. The van der Waals surface area contributed by atoms with Gasteiger partial charge < -0.3 is 4.42 Å². The van der Waals surface area contributed by atoms with Crippen molar-refractivity contribution in [2.75, 3.05) is 5.01 Å². The number of carbonyl (C=O) groups excluding carboxylic acids is 1. The average molecular weight is 365 g/mol. The summed E-state index contributed by atoms with van der Waals surface area (Å²) in [6.45, 7) is 0. The van der Waals surface area contributed by atoms with Crippen molar-refractivity contribution >= 4 is 38.8 Å². The lowest BCUT2D eigenvalue weighted by Crippen LogP contribution is -2.25. The average Bonchev–Trinajstić information content (AvgIpc) is 3.32. The summed E-state index contributed by atoms with van der Waals surface area (Å²) in [5.74, 6) is -0.674. The first-order valence-corrected chi connectivity index (χ1v) is 8.55. The molecule has 2 heterocycles. The predicted octanol–water partition coefficient (Wildman–Crippen LogP) is 4.71. The van der Waals surface area contributed by atoms with E-state index in [1.165, 1.54) is 29.7 Å². The van der Waals surface area contributed by atoms with Crippen molar-refractivity contribution < 1.29 is 13.6 Å². The summed E-state index contributed by atoms with van der Waals surface area (Å²) in [4.78, 5) is 17.2. The van der Waals surface area contributed by atoms with E-state index in [2.05, 4.69) is 10.1 Å². The van der Waals surface area contributed by atoms with Crippen LogP contribution in [-0.4, -0.2) is 17.1 Å². The van der Waals surface area contributed by atoms with Gasteiger partial charge in [-0.25, -0.2) is 9.37 Å². The van der Waals surface area contributed by atoms with Gasteiger partial charge in [0, 0.05) is 0 Å². The Kier molecular flexibility index (Phi) is 4.28. The van der Waals surface area contributed by atoms with Crippen molar-refractivity contribution in [3.05, 3.63) is 84.1 Å². The number of rotatable bonds is 4. The second-order valence-electron chi connectivity index (χ2n) is 5.36. The van der Waals surface area contributed by atoms with E-state index in [9.17, 15) is 9.18 Å². The monoisotopic (exact) mass is 365 g/mol. The molecule has 0 bridgehead atoms. The van der Waals surface area contributed by atoms with Gasteiger partial charge in [-0.1, -0.05) is 41.7 Å². The number of halogens is 1. The number of furan rings is 1. The van der Waals surface area contributed by atoms with E-state index in [1.807, 2.05) is 30.3 Å². The van der Waals surface area contributed by atoms with E-state index >= 15 is 0 Å². The highest BCUT2D eigenvalue weighted by atomic mass is 32.1. The highest BCUT2D eigenvalue weighted by Gasteiger charge is 2.23. The zero-order chi connectivity index (χ0) is 17.9. The number of hydrogen-bond donors (Lipinski definition) is 0. The van der Waals surface area contributed by atoms with Crippen molar-refractivity contribution in [2.24, 2.45) is 5.10 Å². The van der Waals surface area contributed by atoms with Crippen LogP contribution in [-0.2, 0) is 0 Å². The maximum absolute atomic E-state index is 13.5. The minimum absolute atomic E-state index is 0.139. The fourth-order valence-corrected chi connectivity index (χ4v) is 3.28. The zero-order valence-electron chi connectivity index (χ0n) is 13.4. The molecule has 0 aliphatic heterocycles. The van der Waals surface area contributed by atoms with Gasteiger partial charge >= 0.3 is 5.91 Å². The Hall–Kier alpha value is -3.32. The second kappa shape index (κ2) is 6.89. The molecule has 0 radical (unpaired) electrons. The summed E-state index contributed by atoms with van der Waals surface area (Å²) in [5, 5.41) is 5.78. The molecule has 7 heteroatoms. The second-order valence-corrected chi connectivity index (χ2v) is 6.37. The Morgan fingerprint density at radius 1 is 1.15 bits per heavy atom. The van der Waals surface area contributed by atoms with Gasteiger partial charge in [0.25, 0.3) is 0 Å². The van der Waals surface area contributed by atoms with Gasteiger partial charge in [-0.2, -0.15) is 10.1 Å². The number of benzene rings is 2. The van der Waals surface area contributed by atoms with E-state index < -0.39 is 5.91 Å². The molecule has 0 aliphatic rings. The van der Waals surface area contributed by atoms with Gasteiger partial charge in [0.2, 0.25) is 5.13 Å². The van der Waals surface area contributed by atoms with Crippen molar-refractivity contribution in [1.82, 2.24) is 4.98 Å². The van der Waals surface area contributed by atoms with Crippen LogP contribution in [0.1, 0.15) is 16.1 Å². The fourth-order valence-electron chi connectivity index (χ4n) is 2.33. The number of fused-ring (bicyclic) bond motifs is 1. The Balaban J connectivity index is 1.76. The molecule has 0 fully saturated rings. The van der Waals surface area contributed by atoms with Crippen LogP contribution in [0, 0.1) is 5.82 Å². The van der Waals surface area contributed by atoms with Crippen LogP contribution < -0.4 is 5.01 Å². The largest absolute Gasteiger partial charge is 0.459 e. The van der Waals surface area contributed by atoms with Crippen LogP contribution in [0.4, 0.5) is 9.52 Å². The molecular weight excluding hydrogens is 353 g/mol. The van der Waals surface area contributed by atoms with Crippen molar-refractivity contribution in [2.45, 2.75) is 0 Å². The molecule has 2 aromatic heterocycles. The molecule has 4 rings (SSSR count). The first-order valence-electron chi connectivity index (χ1n) is 7.74. The summed E-state index contributed by atoms with van der Waals surface area (Å²) >= 11 is 1.18. The number of anilines is 1. The third-order valence-electron chi connectivity index (χ3n) is 3.57. The molecule has 4 aromatic rings. The van der Waals surface area contributed by atoms with Gasteiger partial charge in [0.1, 0.15) is 5.82 Å². The third kappa shape index (κ3) is 3.25. The third-order valence-corrected chi connectivity index (χ3v) is 4.56. The Morgan fingerprint density at radius 2 is 2.00 bits per heavy atom. The van der Waals surface area contributed by atoms with Crippen molar-refractivity contribution in [1.29, 1.82) is 0 Å². The summed E-state index contributed by atoms with van der Waals surface area (Å²) in [6.07, 6.45) is 2.98. The lowest BCUT2D eigenvalue weighted by atomic mass is 10.2. The number of nitrogens with zero attached hydrogens (tertiary/aromatic N) is 3.